The van der Waals surface area contributed by atoms with E-state index in [0.717, 1.165) is 6.54 Å². The maximum Gasteiger partial charge on any atom is 0.407 e. The van der Waals surface area contributed by atoms with Gasteiger partial charge in [0.25, 0.3) is 0 Å². The Morgan fingerprint density at radius 2 is 1.86 bits per heavy atom. The predicted octanol–water partition coefficient (Wildman–Crippen LogP) is 4.56. The number of alkyl halides is 3. The summed E-state index contributed by atoms with van der Waals surface area (Å²) < 4.78 is 47.7. The molecule has 0 spiro atoms. The molecular formula is C25H28F3N3O4. The number of aliphatic carboxylic acids is 1. The fourth-order valence-electron chi connectivity index (χ4n) is 4.49. The molecule has 0 bridgehead atoms. The van der Waals surface area contributed by atoms with E-state index in [1.165, 1.54) is 12.1 Å². The Labute approximate surface area is 200 Å². The van der Waals surface area contributed by atoms with Gasteiger partial charge in [-0.1, -0.05) is 26.0 Å². The van der Waals surface area contributed by atoms with Crippen LogP contribution < -0.4 is 10.2 Å². The Morgan fingerprint density at radius 3 is 2.49 bits per heavy atom. The third-order valence-electron chi connectivity index (χ3n) is 6.24. The molecule has 1 aromatic heterocycles. The fourth-order valence-corrected chi connectivity index (χ4v) is 4.49. The summed E-state index contributed by atoms with van der Waals surface area (Å²) in [7, 11) is 1.88. The molecule has 2 N–H and O–H groups in total. The van der Waals surface area contributed by atoms with Gasteiger partial charge in [-0.15, -0.1) is 0 Å². The molecule has 1 saturated heterocycles. The van der Waals surface area contributed by atoms with Gasteiger partial charge in [0.15, 0.2) is 0 Å². The van der Waals surface area contributed by atoms with Crippen LogP contribution >= 0.6 is 0 Å². The lowest BCUT2D eigenvalue weighted by Gasteiger charge is -2.32. The second-order valence-electron chi connectivity index (χ2n) is 9.48. The van der Waals surface area contributed by atoms with Crippen molar-refractivity contribution in [3.05, 3.63) is 42.0 Å². The number of carboxylic acid groups (broad SMARTS) is 1. The van der Waals surface area contributed by atoms with Gasteiger partial charge in [0.2, 0.25) is 5.91 Å². The van der Waals surface area contributed by atoms with Gasteiger partial charge in [-0.3, -0.25) is 19.8 Å². The molecule has 7 nitrogen and oxygen atoms in total. The van der Waals surface area contributed by atoms with Crippen molar-refractivity contribution in [1.29, 1.82) is 0 Å². The largest absolute Gasteiger partial charge is 0.480 e. The zero-order chi connectivity index (χ0) is 25.5. The standard InChI is InChI=1S/C25H28F3N3O4/c1-14(2)10-19(24(33)34)29-23(25(26,27)28)15-4-6-17-18-12-16(5-7-20(18)35-21(17)11-15)31-9-8-30(3)13-22(31)32/h4-7,11-12,14,19,23,29H,8-10,13H2,1-3H3,(H,33,34)/t19-,23?/m0/s1. The number of rotatable bonds is 7. The number of benzene rings is 2. The first-order valence-corrected chi connectivity index (χ1v) is 11.4. The minimum Gasteiger partial charge on any atom is -0.480 e. The lowest BCUT2D eigenvalue weighted by atomic mass is 9.99. The van der Waals surface area contributed by atoms with E-state index >= 15 is 0 Å². The van der Waals surface area contributed by atoms with Crippen LogP contribution in [0.15, 0.2) is 40.8 Å². The van der Waals surface area contributed by atoms with Crippen LogP contribution in [0.4, 0.5) is 18.9 Å². The van der Waals surface area contributed by atoms with Crippen molar-refractivity contribution in [3.63, 3.8) is 0 Å². The summed E-state index contributed by atoms with van der Waals surface area (Å²) in [6.45, 7) is 5.10. The number of halogens is 3. The number of nitrogens with zero attached hydrogens (tertiary/aromatic N) is 2. The highest BCUT2D eigenvalue weighted by Gasteiger charge is 2.43. The summed E-state index contributed by atoms with van der Waals surface area (Å²) >= 11 is 0. The third-order valence-corrected chi connectivity index (χ3v) is 6.24. The summed E-state index contributed by atoms with van der Waals surface area (Å²) in [4.78, 5) is 27.7. The Kier molecular flexibility index (Phi) is 6.79. The number of likely N-dealkylation sites (N-methyl/N-ethyl adjacent to an activating group) is 1. The molecule has 0 radical (unpaired) electrons. The number of carboxylic acids is 1. The number of amides is 1. The minimum absolute atomic E-state index is 0.0262. The van der Waals surface area contributed by atoms with Crippen molar-refractivity contribution in [1.82, 2.24) is 10.2 Å². The van der Waals surface area contributed by atoms with Gasteiger partial charge in [-0.05, 0) is 49.2 Å². The first-order chi connectivity index (χ1) is 16.4. The molecule has 2 heterocycles. The molecule has 1 aliphatic rings. The topological polar surface area (TPSA) is 86.0 Å². The maximum absolute atomic E-state index is 14.0. The molecule has 0 saturated carbocycles. The van der Waals surface area contributed by atoms with Crippen LogP contribution in [0, 0.1) is 5.92 Å². The van der Waals surface area contributed by atoms with E-state index in [9.17, 15) is 27.9 Å². The third kappa shape index (κ3) is 5.28. The van der Waals surface area contributed by atoms with E-state index < -0.39 is 24.2 Å². The van der Waals surface area contributed by atoms with E-state index in [4.69, 9.17) is 4.42 Å². The average Bonchev–Trinajstić information content (AvgIpc) is 3.12. The van der Waals surface area contributed by atoms with Gasteiger partial charge >= 0.3 is 12.1 Å². The first-order valence-electron chi connectivity index (χ1n) is 11.4. The summed E-state index contributed by atoms with van der Waals surface area (Å²) in [6.07, 6.45) is -4.65. The van der Waals surface area contributed by atoms with Crippen molar-refractivity contribution in [2.45, 2.75) is 38.5 Å². The SMILES string of the molecule is CC(C)C[C@H](NC(c1ccc2c(c1)oc1ccc(N3CCN(C)CC3=O)cc12)C(F)(F)F)C(=O)O. The van der Waals surface area contributed by atoms with E-state index in [-0.39, 0.29) is 29.4 Å². The fraction of sp³-hybridized carbons (Fsp3) is 0.440. The lowest BCUT2D eigenvalue weighted by molar-refractivity contribution is -0.163. The van der Waals surface area contributed by atoms with Crippen LogP contribution in [-0.2, 0) is 9.59 Å². The molecule has 188 valence electrons. The number of nitrogens with one attached hydrogen (secondary N) is 1. The minimum atomic E-state index is -4.71. The summed E-state index contributed by atoms with van der Waals surface area (Å²) in [5.74, 6) is -1.46. The molecule has 2 aromatic carbocycles. The van der Waals surface area contributed by atoms with Crippen LogP contribution in [0.5, 0.6) is 0 Å². The summed E-state index contributed by atoms with van der Waals surface area (Å²) in [5.41, 5.74) is 1.32. The van der Waals surface area contributed by atoms with Crippen molar-refractivity contribution in [2.24, 2.45) is 5.92 Å². The van der Waals surface area contributed by atoms with Gasteiger partial charge in [-0.25, -0.2) is 0 Å². The molecule has 4 rings (SSSR count). The second kappa shape index (κ2) is 9.50. The molecule has 10 heteroatoms. The number of fused-ring (bicyclic) bond motifs is 3. The number of piperazine rings is 1. The highest BCUT2D eigenvalue weighted by atomic mass is 19.4. The maximum atomic E-state index is 14.0. The highest BCUT2D eigenvalue weighted by Crippen LogP contribution is 2.38. The lowest BCUT2D eigenvalue weighted by Crippen LogP contribution is -2.48. The van der Waals surface area contributed by atoms with Crippen LogP contribution in [0.1, 0.15) is 31.9 Å². The van der Waals surface area contributed by atoms with Crippen molar-refractivity contribution < 1.29 is 32.3 Å². The van der Waals surface area contributed by atoms with Crippen molar-refractivity contribution >= 4 is 39.5 Å². The monoisotopic (exact) mass is 491 g/mol. The zero-order valence-electron chi connectivity index (χ0n) is 19.7. The van der Waals surface area contributed by atoms with Gasteiger partial charge in [0.1, 0.15) is 23.2 Å². The van der Waals surface area contributed by atoms with Crippen LogP contribution in [0.3, 0.4) is 0 Å². The molecule has 1 amide bonds. The van der Waals surface area contributed by atoms with Gasteiger partial charge < -0.3 is 14.4 Å². The zero-order valence-corrected chi connectivity index (χ0v) is 19.7. The number of carbonyl (C=O) groups is 2. The highest BCUT2D eigenvalue weighted by molar-refractivity contribution is 6.07. The Morgan fingerprint density at radius 1 is 1.11 bits per heavy atom. The second-order valence-corrected chi connectivity index (χ2v) is 9.48. The number of carbonyl (C=O) groups excluding carboxylic acids is 1. The first kappa shape index (κ1) is 25.0. The van der Waals surface area contributed by atoms with Crippen LogP contribution in [-0.4, -0.2) is 60.8 Å². The Bertz CT molecular complexity index is 1250. The molecule has 2 atom stereocenters. The van der Waals surface area contributed by atoms with Crippen LogP contribution in [0.2, 0.25) is 0 Å². The molecular weight excluding hydrogens is 463 g/mol. The van der Waals surface area contributed by atoms with Crippen molar-refractivity contribution in [2.75, 3.05) is 31.6 Å². The molecule has 35 heavy (non-hydrogen) atoms. The molecule has 3 aromatic rings. The number of anilines is 1. The molecule has 1 unspecified atom stereocenters. The van der Waals surface area contributed by atoms with Crippen molar-refractivity contribution in [3.8, 4) is 0 Å². The van der Waals surface area contributed by atoms with Gasteiger partial charge in [-0.2, -0.15) is 13.2 Å². The van der Waals surface area contributed by atoms with E-state index in [2.05, 4.69) is 5.32 Å². The molecule has 1 aliphatic heterocycles. The Balaban J connectivity index is 1.70. The number of hydrogen-bond acceptors (Lipinski definition) is 5. The van der Waals surface area contributed by atoms with E-state index in [1.54, 1.807) is 36.9 Å². The van der Waals surface area contributed by atoms with Crippen LogP contribution in [0.25, 0.3) is 21.9 Å². The number of hydrogen-bond donors (Lipinski definition) is 2. The average molecular weight is 492 g/mol. The molecule has 0 aliphatic carbocycles. The van der Waals surface area contributed by atoms with E-state index in [1.807, 2.05) is 18.0 Å². The summed E-state index contributed by atoms with van der Waals surface area (Å²) in [6, 6.07) is 5.95. The van der Waals surface area contributed by atoms with E-state index in [0.29, 0.717) is 35.1 Å². The number of furan rings is 1. The molecule has 1 fully saturated rings. The Hall–Kier alpha value is -3.11. The smallest absolute Gasteiger partial charge is 0.407 e. The van der Waals surface area contributed by atoms with Gasteiger partial charge in [0, 0.05) is 29.5 Å². The predicted molar refractivity (Wildman–Crippen MR) is 126 cm³/mol. The summed E-state index contributed by atoms with van der Waals surface area (Å²) in [5, 5.41) is 13.0. The normalized spacial score (nSPS) is 17.5. The quantitative estimate of drug-likeness (QED) is 0.504. The van der Waals surface area contributed by atoms with Gasteiger partial charge in [0.05, 0.1) is 6.54 Å².